The van der Waals surface area contributed by atoms with Crippen LogP contribution in [0.25, 0.3) is 0 Å². The lowest BCUT2D eigenvalue weighted by molar-refractivity contribution is -0.386. The lowest BCUT2D eigenvalue weighted by atomic mass is 9.86. The van der Waals surface area contributed by atoms with Crippen molar-refractivity contribution in [2.24, 2.45) is 0 Å². The first-order chi connectivity index (χ1) is 10.2. The van der Waals surface area contributed by atoms with Gasteiger partial charge in [0.2, 0.25) is 0 Å². The second kappa shape index (κ2) is 5.45. The van der Waals surface area contributed by atoms with Gasteiger partial charge < -0.3 is 15.3 Å². The standard InChI is InChI=1S/C15H12NO6/c1-15(20,10-4-2-3-5-11(10)16(21)22)14(19)9-6-7-12(17)13(18)8-9/h2-8,17-18,20H,1H2. The Hall–Kier alpha value is -2.93. The van der Waals surface area contributed by atoms with Crippen molar-refractivity contribution >= 4 is 11.5 Å². The smallest absolute Gasteiger partial charge is 0.275 e. The summed E-state index contributed by atoms with van der Waals surface area (Å²) < 4.78 is 0. The fourth-order valence-corrected chi connectivity index (χ4v) is 2.01. The predicted octanol–water partition coefficient (Wildman–Crippen LogP) is 1.91. The maximum absolute atomic E-state index is 12.4. The molecule has 0 saturated heterocycles. The minimum Gasteiger partial charge on any atom is -0.504 e. The monoisotopic (exact) mass is 302 g/mol. The Morgan fingerprint density at radius 2 is 1.77 bits per heavy atom. The average Bonchev–Trinajstić information content (AvgIpc) is 2.49. The van der Waals surface area contributed by atoms with Gasteiger partial charge in [-0.25, -0.2) is 0 Å². The molecule has 2 aromatic carbocycles. The van der Waals surface area contributed by atoms with E-state index < -0.39 is 33.5 Å². The number of hydrogen-bond donors (Lipinski definition) is 3. The van der Waals surface area contributed by atoms with Crippen LogP contribution < -0.4 is 0 Å². The number of nitro benzene ring substituents is 1. The zero-order valence-corrected chi connectivity index (χ0v) is 11.3. The van der Waals surface area contributed by atoms with E-state index in [1.54, 1.807) is 0 Å². The van der Waals surface area contributed by atoms with E-state index in [1.165, 1.54) is 24.3 Å². The second-order valence-electron chi connectivity index (χ2n) is 4.67. The van der Waals surface area contributed by atoms with Crippen molar-refractivity contribution in [1.82, 2.24) is 0 Å². The first kappa shape index (κ1) is 15.5. The molecule has 0 aromatic heterocycles. The van der Waals surface area contributed by atoms with Crippen molar-refractivity contribution in [2.75, 3.05) is 0 Å². The summed E-state index contributed by atoms with van der Waals surface area (Å²) >= 11 is 0. The van der Waals surface area contributed by atoms with Crippen molar-refractivity contribution in [3.63, 3.8) is 0 Å². The number of ketones is 1. The third-order valence-corrected chi connectivity index (χ3v) is 3.16. The van der Waals surface area contributed by atoms with E-state index in [2.05, 4.69) is 6.92 Å². The van der Waals surface area contributed by atoms with E-state index in [-0.39, 0.29) is 11.1 Å². The van der Waals surface area contributed by atoms with E-state index in [4.69, 9.17) is 0 Å². The summed E-state index contributed by atoms with van der Waals surface area (Å²) in [6, 6.07) is 8.38. The normalized spacial score (nSPS) is 13.4. The molecule has 22 heavy (non-hydrogen) atoms. The van der Waals surface area contributed by atoms with Gasteiger partial charge in [-0.2, -0.15) is 0 Å². The van der Waals surface area contributed by atoms with Crippen LogP contribution in [-0.4, -0.2) is 26.0 Å². The summed E-state index contributed by atoms with van der Waals surface area (Å²) in [6.45, 7) is 3.37. The topological polar surface area (TPSA) is 121 Å². The van der Waals surface area contributed by atoms with Gasteiger partial charge in [0.25, 0.3) is 5.69 Å². The molecule has 0 heterocycles. The molecule has 7 nitrogen and oxygen atoms in total. The number of aliphatic hydroxyl groups is 1. The Balaban J connectivity index is 2.52. The molecule has 0 aliphatic carbocycles. The van der Waals surface area contributed by atoms with Crippen molar-refractivity contribution < 1.29 is 25.0 Å². The number of phenolic OH excluding ortho intramolecular Hbond substituents is 2. The summed E-state index contributed by atoms with van der Waals surface area (Å²) in [5.74, 6) is -1.93. The average molecular weight is 302 g/mol. The highest BCUT2D eigenvalue weighted by Crippen LogP contribution is 2.34. The summed E-state index contributed by atoms with van der Waals surface area (Å²) in [5.41, 5.74) is -3.27. The molecule has 1 atom stereocenters. The third-order valence-electron chi connectivity index (χ3n) is 3.16. The molecule has 2 rings (SSSR count). The van der Waals surface area contributed by atoms with Gasteiger partial charge in [-0.3, -0.25) is 14.9 Å². The summed E-state index contributed by atoms with van der Waals surface area (Å²) in [7, 11) is 0. The Morgan fingerprint density at radius 3 is 2.36 bits per heavy atom. The van der Waals surface area contributed by atoms with Gasteiger partial charge in [-0.15, -0.1) is 0 Å². The number of hydrogen-bond acceptors (Lipinski definition) is 6. The molecule has 0 aliphatic heterocycles. The van der Waals surface area contributed by atoms with Crippen LogP contribution in [0.5, 0.6) is 11.5 Å². The predicted molar refractivity (Wildman–Crippen MR) is 76.5 cm³/mol. The summed E-state index contributed by atoms with van der Waals surface area (Å²) in [4.78, 5) is 22.7. The molecule has 0 saturated carbocycles. The van der Waals surface area contributed by atoms with Crippen LogP contribution in [0.1, 0.15) is 15.9 Å². The zero-order valence-electron chi connectivity index (χ0n) is 11.3. The fraction of sp³-hybridized carbons (Fsp3) is 0.0667. The van der Waals surface area contributed by atoms with Crippen LogP contribution >= 0.6 is 0 Å². The third kappa shape index (κ3) is 2.61. The van der Waals surface area contributed by atoms with Crippen molar-refractivity contribution in [3.05, 3.63) is 70.6 Å². The van der Waals surface area contributed by atoms with Gasteiger partial charge >= 0.3 is 0 Å². The molecule has 1 radical (unpaired) electrons. The number of aromatic hydroxyl groups is 2. The quantitative estimate of drug-likeness (QED) is 0.343. The molecule has 0 fully saturated rings. The number of carbonyl (C=O) groups excluding carboxylic acids is 1. The molecule has 7 heteroatoms. The highest BCUT2D eigenvalue weighted by atomic mass is 16.6. The van der Waals surface area contributed by atoms with Crippen LogP contribution in [0.15, 0.2) is 42.5 Å². The van der Waals surface area contributed by atoms with Gasteiger partial charge in [0.1, 0.15) is 0 Å². The molecule has 2 aromatic rings. The van der Waals surface area contributed by atoms with Crippen LogP contribution in [-0.2, 0) is 5.60 Å². The molecule has 3 N–H and O–H groups in total. The molecule has 0 amide bonds. The molecule has 0 bridgehead atoms. The number of carbonyl (C=O) groups is 1. The Bertz CT molecular complexity index is 753. The molecular weight excluding hydrogens is 290 g/mol. The molecule has 0 spiro atoms. The Labute approximate surface area is 125 Å². The number of nitrogens with zero attached hydrogens (tertiary/aromatic N) is 1. The van der Waals surface area contributed by atoms with Crippen LogP contribution in [0.2, 0.25) is 0 Å². The van der Waals surface area contributed by atoms with E-state index in [1.807, 2.05) is 0 Å². The molecule has 0 aliphatic rings. The SMILES string of the molecule is [CH2]C(O)(C(=O)c1ccc(O)c(O)c1)c1ccccc1[N+](=O)[O-]. The number of nitro groups is 1. The highest BCUT2D eigenvalue weighted by molar-refractivity contribution is 6.04. The summed E-state index contributed by atoms with van der Waals surface area (Å²) in [5, 5.41) is 40.0. The Kier molecular flexibility index (Phi) is 3.83. The van der Waals surface area contributed by atoms with E-state index in [0.29, 0.717) is 0 Å². The maximum Gasteiger partial charge on any atom is 0.275 e. The van der Waals surface area contributed by atoms with Crippen LogP contribution in [0.3, 0.4) is 0 Å². The first-order valence-corrected chi connectivity index (χ1v) is 6.13. The number of Topliss-reactive ketones (excluding diaryl/α,β-unsaturated/α-hetero) is 1. The van der Waals surface area contributed by atoms with Crippen LogP contribution in [0, 0.1) is 17.0 Å². The van der Waals surface area contributed by atoms with Gasteiger partial charge in [-0.1, -0.05) is 12.1 Å². The molecule has 1 unspecified atom stereocenters. The van der Waals surface area contributed by atoms with E-state index >= 15 is 0 Å². The van der Waals surface area contributed by atoms with E-state index in [9.17, 15) is 30.2 Å². The van der Waals surface area contributed by atoms with Crippen molar-refractivity contribution in [1.29, 1.82) is 0 Å². The fourth-order valence-electron chi connectivity index (χ4n) is 2.01. The minimum atomic E-state index is -2.41. The number of rotatable bonds is 4. The number of para-hydroxylation sites is 1. The Morgan fingerprint density at radius 1 is 1.14 bits per heavy atom. The maximum atomic E-state index is 12.4. The molecular formula is C15H12NO6. The zero-order chi connectivity index (χ0) is 16.5. The van der Waals surface area contributed by atoms with Gasteiger partial charge in [0, 0.05) is 11.6 Å². The molecule has 113 valence electrons. The van der Waals surface area contributed by atoms with Gasteiger partial charge in [0.15, 0.2) is 22.9 Å². The van der Waals surface area contributed by atoms with Gasteiger partial charge in [-0.05, 0) is 31.2 Å². The number of phenols is 2. The number of benzene rings is 2. The minimum absolute atomic E-state index is 0.147. The summed E-state index contributed by atoms with van der Waals surface area (Å²) in [6.07, 6.45) is 0. The lowest BCUT2D eigenvalue weighted by Gasteiger charge is -2.22. The van der Waals surface area contributed by atoms with E-state index in [0.717, 1.165) is 18.2 Å². The van der Waals surface area contributed by atoms with Crippen LogP contribution in [0.4, 0.5) is 5.69 Å². The first-order valence-electron chi connectivity index (χ1n) is 6.13. The lowest BCUT2D eigenvalue weighted by Crippen LogP contribution is -2.33. The van der Waals surface area contributed by atoms with Crippen molar-refractivity contribution in [2.45, 2.75) is 5.60 Å². The van der Waals surface area contributed by atoms with Crippen molar-refractivity contribution in [3.8, 4) is 11.5 Å². The van der Waals surface area contributed by atoms with Gasteiger partial charge in [0.05, 0.1) is 10.5 Å². The highest BCUT2D eigenvalue weighted by Gasteiger charge is 2.38. The second-order valence-corrected chi connectivity index (χ2v) is 4.67. The largest absolute Gasteiger partial charge is 0.504 e.